The number of hydrogen-bond donors (Lipinski definition) is 0. The summed E-state index contributed by atoms with van der Waals surface area (Å²) in [6.07, 6.45) is 2.80. The lowest BCUT2D eigenvalue weighted by Gasteiger charge is -2.20. The van der Waals surface area contributed by atoms with E-state index >= 15 is 0 Å². The summed E-state index contributed by atoms with van der Waals surface area (Å²) in [5.74, 6) is 1.44. The van der Waals surface area contributed by atoms with Gasteiger partial charge in [-0.1, -0.05) is 43.6 Å². The van der Waals surface area contributed by atoms with E-state index in [1.807, 2.05) is 64.1 Å². The largest absolute Gasteiger partial charge is 0.491 e. The van der Waals surface area contributed by atoms with E-state index in [9.17, 15) is 4.79 Å². The molecule has 3 aromatic rings. The maximum absolute atomic E-state index is 13.1. The number of halogens is 1. The summed E-state index contributed by atoms with van der Waals surface area (Å²) in [7, 11) is 0. The van der Waals surface area contributed by atoms with E-state index < -0.39 is 0 Å². The Balaban J connectivity index is 2.02. The molecule has 3 rings (SSSR count). The molecule has 1 heterocycles. The highest BCUT2D eigenvalue weighted by Gasteiger charge is 2.22. The van der Waals surface area contributed by atoms with E-state index in [-0.39, 0.29) is 17.1 Å². The van der Waals surface area contributed by atoms with E-state index in [2.05, 4.69) is 28.0 Å². The van der Waals surface area contributed by atoms with Gasteiger partial charge in [0.05, 0.1) is 23.2 Å². The van der Waals surface area contributed by atoms with Crippen LogP contribution in [0.2, 0.25) is 0 Å². The minimum Gasteiger partial charge on any atom is -0.491 e. The van der Waals surface area contributed by atoms with Crippen molar-refractivity contribution in [2.24, 2.45) is 5.10 Å². The van der Waals surface area contributed by atoms with Gasteiger partial charge < -0.3 is 4.74 Å². The van der Waals surface area contributed by atoms with Crippen molar-refractivity contribution in [3.05, 3.63) is 68.7 Å². The van der Waals surface area contributed by atoms with Gasteiger partial charge in [-0.2, -0.15) is 9.78 Å². The van der Waals surface area contributed by atoms with Crippen LogP contribution in [0.4, 0.5) is 0 Å². The normalized spacial score (nSPS) is 13.2. The summed E-state index contributed by atoms with van der Waals surface area (Å²) in [5, 5.41) is 5.02. The minimum atomic E-state index is -0.342. The van der Waals surface area contributed by atoms with Gasteiger partial charge in [0, 0.05) is 9.89 Å². The zero-order chi connectivity index (χ0) is 21.2. The Labute approximate surface area is 179 Å². The number of aromatic nitrogens is 2. The fourth-order valence-corrected chi connectivity index (χ4v) is 3.17. The molecule has 6 heteroatoms. The number of ether oxygens (including phenoxy) is 1. The molecular weight excluding hydrogens is 430 g/mol. The maximum atomic E-state index is 13.1. The van der Waals surface area contributed by atoms with Crippen molar-refractivity contribution < 1.29 is 4.74 Å². The lowest BCUT2D eigenvalue weighted by atomic mass is 9.95. The maximum Gasteiger partial charge on any atom is 0.282 e. The molecule has 0 aliphatic carbocycles. The SMILES string of the molecule is CC[C@H](C)Oc1ccc(C=Nn2c(C(C)(C)C)nc3ccc(Br)cc3c2=O)cc1. The molecule has 0 saturated carbocycles. The van der Waals surface area contributed by atoms with Gasteiger partial charge in [0.2, 0.25) is 0 Å². The molecule has 0 aliphatic heterocycles. The average Bonchev–Trinajstić information content (AvgIpc) is 2.67. The molecule has 0 unspecified atom stereocenters. The van der Waals surface area contributed by atoms with Crippen LogP contribution in [0, 0.1) is 0 Å². The second-order valence-electron chi connectivity index (χ2n) is 8.11. The molecule has 0 fully saturated rings. The number of benzene rings is 2. The molecule has 0 radical (unpaired) electrons. The second kappa shape index (κ2) is 8.49. The zero-order valence-electron chi connectivity index (χ0n) is 17.4. The highest BCUT2D eigenvalue weighted by molar-refractivity contribution is 9.10. The fourth-order valence-electron chi connectivity index (χ4n) is 2.81. The highest BCUT2D eigenvalue weighted by atomic mass is 79.9. The summed E-state index contributed by atoms with van der Waals surface area (Å²) in [6, 6.07) is 13.2. The van der Waals surface area contributed by atoms with Crippen LogP contribution < -0.4 is 10.3 Å². The first-order chi connectivity index (χ1) is 13.7. The van der Waals surface area contributed by atoms with Crippen molar-refractivity contribution in [2.45, 2.75) is 52.6 Å². The van der Waals surface area contributed by atoms with Gasteiger partial charge in [-0.3, -0.25) is 4.79 Å². The van der Waals surface area contributed by atoms with Crippen molar-refractivity contribution in [1.82, 2.24) is 9.66 Å². The van der Waals surface area contributed by atoms with Crippen molar-refractivity contribution in [1.29, 1.82) is 0 Å². The lowest BCUT2D eigenvalue weighted by molar-refractivity contribution is 0.217. The van der Waals surface area contributed by atoms with Gasteiger partial charge in [0.1, 0.15) is 11.6 Å². The summed E-state index contributed by atoms with van der Waals surface area (Å²) in [6.45, 7) is 10.2. The predicted octanol–water partition coefficient (Wildman–Crippen LogP) is 5.52. The Kier molecular flexibility index (Phi) is 6.22. The van der Waals surface area contributed by atoms with Gasteiger partial charge in [-0.25, -0.2) is 4.98 Å². The van der Waals surface area contributed by atoms with Crippen LogP contribution in [0.15, 0.2) is 56.8 Å². The molecular formula is C23H26BrN3O2. The second-order valence-corrected chi connectivity index (χ2v) is 9.03. The third-order valence-corrected chi connectivity index (χ3v) is 5.09. The van der Waals surface area contributed by atoms with Crippen molar-refractivity contribution in [3.63, 3.8) is 0 Å². The van der Waals surface area contributed by atoms with Crippen LogP contribution in [0.25, 0.3) is 10.9 Å². The summed E-state index contributed by atoms with van der Waals surface area (Å²) in [5.41, 5.74) is 1.02. The summed E-state index contributed by atoms with van der Waals surface area (Å²) < 4.78 is 8.04. The Morgan fingerprint density at radius 1 is 1.21 bits per heavy atom. The molecule has 1 aromatic heterocycles. The third kappa shape index (κ3) is 4.93. The Morgan fingerprint density at radius 3 is 2.52 bits per heavy atom. The van der Waals surface area contributed by atoms with Gasteiger partial charge in [0.25, 0.3) is 5.56 Å². The first kappa shape index (κ1) is 21.2. The van der Waals surface area contributed by atoms with Crippen LogP contribution in [0.3, 0.4) is 0 Å². The topological polar surface area (TPSA) is 56.5 Å². The summed E-state index contributed by atoms with van der Waals surface area (Å²) >= 11 is 3.43. The Hall–Kier alpha value is -2.47. The predicted molar refractivity (Wildman–Crippen MR) is 122 cm³/mol. The molecule has 0 spiro atoms. The lowest BCUT2D eigenvalue weighted by Crippen LogP contribution is -2.29. The monoisotopic (exact) mass is 455 g/mol. The third-order valence-electron chi connectivity index (χ3n) is 4.59. The summed E-state index contributed by atoms with van der Waals surface area (Å²) in [4.78, 5) is 17.9. The van der Waals surface area contributed by atoms with Crippen LogP contribution in [-0.4, -0.2) is 22.0 Å². The minimum absolute atomic E-state index is 0.172. The molecule has 0 aliphatic rings. The zero-order valence-corrected chi connectivity index (χ0v) is 19.0. The highest BCUT2D eigenvalue weighted by Crippen LogP contribution is 2.23. The molecule has 29 heavy (non-hydrogen) atoms. The van der Waals surface area contributed by atoms with Crippen molar-refractivity contribution >= 4 is 33.0 Å². The number of fused-ring (bicyclic) bond motifs is 1. The quantitative estimate of drug-likeness (QED) is 0.476. The Morgan fingerprint density at radius 2 is 1.90 bits per heavy atom. The first-order valence-corrected chi connectivity index (χ1v) is 10.5. The van der Waals surface area contributed by atoms with Crippen LogP contribution in [-0.2, 0) is 5.41 Å². The van der Waals surface area contributed by atoms with Crippen LogP contribution in [0.1, 0.15) is 52.4 Å². The van der Waals surface area contributed by atoms with Crippen LogP contribution in [0.5, 0.6) is 5.75 Å². The molecule has 0 bridgehead atoms. The van der Waals surface area contributed by atoms with Gasteiger partial charge in [-0.05, 0) is 61.4 Å². The number of hydrogen-bond acceptors (Lipinski definition) is 4. The Bertz CT molecular complexity index is 1100. The number of nitrogens with zero attached hydrogens (tertiary/aromatic N) is 3. The molecule has 1 atom stereocenters. The smallest absolute Gasteiger partial charge is 0.282 e. The van der Waals surface area contributed by atoms with E-state index in [4.69, 9.17) is 9.72 Å². The van der Waals surface area contributed by atoms with Crippen molar-refractivity contribution in [2.75, 3.05) is 0 Å². The number of rotatable bonds is 5. The van der Waals surface area contributed by atoms with Gasteiger partial charge in [0.15, 0.2) is 0 Å². The van der Waals surface area contributed by atoms with E-state index in [0.29, 0.717) is 16.7 Å². The molecule has 2 aromatic carbocycles. The van der Waals surface area contributed by atoms with Gasteiger partial charge >= 0.3 is 0 Å². The first-order valence-electron chi connectivity index (χ1n) is 9.73. The van der Waals surface area contributed by atoms with Gasteiger partial charge in [-0.15, -0.1) is 0 Å². The standard InChI is InChI=1S/C23H26BrN3O2/c1-6-15(2)29-18-10-7-16(8-11-18)14-25-27-21(28)19-13-17(24)9-12-20(19)26-22(27)23(3,4)5/h7-15H,6H2,1-5H3/t15-/m0/s1. The van der Waals surface area contributed by atoms with Crippen LogP contribution >= 0.6 is 15.9 Å². The average molecular weight is 456 g/mol. The molecule has 5 nitrogen and oxygen atoms in total. The van der Waals surface area contributed by atoms with E-state index in [1.165, 1.54) is 4.68 Å². The van der Waals surface area contributed by atoms with Crippen molar-refractivity contribution in [3.8, 4) is 5.75 Å². The molecule has 0 amide bonds. The molecule has 0 saturated heterocycles. The molecule has 0 N–H and O–H groups in total. The van der Waals surface area contributed by atoms with E-state index in [1.54, 1.807) is 12.3 Å². The molecule has 152 valence electrons. The van der Waals surface area contributed by atoms with E-state index in [0.717, 1.165) is 22.2 Å². The fraction of sp³-hybridized carbons (Fsp3) is 0.348.